The quantitative estimate of drug-likeness (QED) is 0.653. The van der Waals surface area contributed by atoms with Crippen LogP contribution in [0.4, 0.5) is 28.9 Å². The summed E-state index contributed by atoms with van der Waals surface area (Å²) >= 11 is 0. The Bertz CT molecular complexity index is 843. The Kier molecular flexibility index (Phi) is 4.91. The van der Waals surface area contributed by atoms with Crippen LogP contribution in [0.25, 0.3) is 0 Å². The molecule has 10 heteroatoms. The lowest BCUT2D eigenvalue weighted by Gasteiger charge is -2.10. The minimum Gasteiger partial charge on any atom is -0.322 e. The van der Waals surface area contributed by atoms with Gasteiger partial charge in [0, 0.05) is 18.9 Å². The first-order valence-electron chi connectivity index (χ1n) is 6.77. The number of alkyl halides is 3. The number of carbonyl (C=O) groups is 2. The van der Waals surface area contributed by atoms with Gasteiger partial charge in [-0.1, -0.05) is 6.58 Å². The molecule has 2 amide bonds. The summed E-state index contributed by atoms with van der Waals surface area (Å²) in [5.41, 5.74) is -2.29. The lowest BCUT2D eigenvalue weighted by atomic mass is 10.2. The standard InChI is InChI=1S/C15H12F4N4O2/c1-3-12(24)21-11-6-8(4-5-10(11)16)20-14(25)9-7-23(2)22-13(9)15(17,18)19/h3-7H,1H2,2H3,(H,20,25)(H,21,24). The number of hydrogen-bond acceptors (Lipinski definition) is 3. The number of carbonyl (C=O) groups excluding carboxylic acids is 2. The molecule has 0 unspecified atom stereocenters. The van der Waals surface area contributed by atoms with E-state index in [-0.39, 0.29) is 11.4 Å². The smallest absolute Gasteiger partial charge is 0.322 e. The van der Waals surface area contributed by atoms with Crippen LogP contribution in [0.15, 0.2) is 37.1 Å². The lowest BCUT2D eigenvalue weighted by molar-refractivity contribution is -0.141. The Morgan fingerprint density at radius 1 is 1.28 bits per heavy atom. The van der Waals surface area contributed by atoms with Gasteiger partial charge in [0.1, 0.15) is 5.82 Å². The average molecular weight is 356 g/mol. The van der Waals surface area contributed by atoms with Crippen molar-refractivity contribution in [3.63, 3.8) is 0 Å². The van der Waals surface area contributed by atoms with Crippen LogP contribution in [0.3, 0.4) is 0 Å². The van der Waals surface area contributed by atoms with Crippen molar-refractivity contribution in [2.75, 3.05) is 10.6 Å². The van der Waals surface area contributed by atoms with E-state index in [0.717, 1.165) is 35.2 Å². The van der Waals surface area contributed by atoms with E-state index in [1.165, 1.54) is 7.05 Å². The van der Waals surface area contributed by atoms with Gasteiger partial charge in [-0.15, -0.1) is 0 Å². The number of anilines is 2. The molecule has 132 valence electrons. The molecule has 2 N–H and O–H groups in total. The summed E-state index contributed by atoms with van der Waals surface area (Å²) in [5, 5.41) is 7.61. The lowest BCUT2D eigenvalue weighted by Crippen LogP contribution is -2.18. The molecular weight excluding hydrogens is 344 g/mol. The summed E-state index contributed by atoms with van der Waals surface area (Å²) in [7, 11) is 1.24. The summed E-state index contributed by atoms with van der Waals surface area (Å²) in [6.07, 6.45) is -2.97. The summed E-state index contributed by atoms with van der Waals surface area (Å²) < 4.78 is 53.2. The van der Waals surface area contributed by atoms with Crippen molar-refractivity contribution in [2.45, 2.75) is 6.18 Å². The van der Waals surface area contributed by atoms with E-state index in [1.807, 2.05) is 0 Å². The maximum atomic E-state index is 13.6. The van der Waals surface area contributed by atoms with Crippen molar-refractivity contribution in [3.05, 3.63) is 54.1 Å². The van der Waals surface area contributed by atoms with Crippen molar-refractivity contribution >= 4 is 23.2 Å². The summed E-state index contributed by atoms with van der Waals surface area (Å²) in [6.45, 7) is 3.21. The van der Waals surface area contributed by atoms with Crippen molar-refractivity contribution in [1.29, 1.82) is 0 Å². The summed E-state index contributed by atoms with van der Waals surface area (Å²) in [6, 6.07) is 3.15. The molecule has 0 aliphatic heterocycles. The molecule has 1 heterocycles. The van der Waals surface area contributed by atoms with Gasteiger partial charge in [0.25, 0.3) is 5.91 Å². The molecule has 0 saturated heterocycles. The van der Waals surface area contributed by atoms with Crippen molar-refractivity contribution in [3.8, 4) is 0 Å². The fourth-order valence-corrected chi connectivity index (χ4v) is 1.95. The van der Waals surface area contributed by atoms with Gasteiger partial charge in [-0.05, 0) is 24.3 Å². The number of rotatable bonds is 4. The zero-order chi connectivity index (χ0) is 18.8. The van der Waals surface area contributed by atoms with E-state index < -0.39 is 35.1 Å². The molecule has 0 aliphatic carbocycles. The van der Waals surface area contributed by atoms with Gasteiger partial charge >= 0.3 is 6.18 Å². The molecule has 6 nitrogen and oxygen atoms in total. The summed E-state index contributed by atoms with van der Waals surface area (Å²) in [4.78, 5) is 23.3. The molecule has 1 aromatic carbocycles. The van der Waals surface area contributed by atoms with Gasteiger partial charge in [-0.2, -0.15) is 18.3 Å². The fourth-order valence-electron chi connectivity index (χ4n) is 1.95. The second-order valence-corrected chi connectivity index (χ2v) is 4.90. The third-order valence-corrected chi connectivity index (χ3v) is 3.01. The molecule has 0 fully saturated rings. The van der Waals surface area contributed by atoms with Crippen molar-refractivity contribution in [1.82, 2.24) is 9.78 Å². The summed E-state index contributed by atoms with van der Waals surface area (Å²) in [5.74, 6) is -2.55. The zero-order valence-electron chi connectivity index (χ0n) is 12.8. The highest BCUT2D eigenvalue weighted by molar-refractivity contribution is 6.05. The van der Waals surface area contributed by atoms with Crippen LogP contribution in [0.1, 0.15) is 16.1 Å². The molecule has 2 rings (SSSR count). The van der Waals surface area contributed by atoms with E-state index >= 15 is 0 Å². The second-order valence-electron chi connectivity index (χ2n) is 4.90. The van der Waals surface area contributed by atoms with E-state index in [2.05, 4.69) is 22.3 Å². The Hall–Kier alpha value is -3.17. The number of halogens is 4. The van der Waals surface area contributed by atoms with Gasteiger partial charge < -0.3 is 10.6 Å². The Labute approximate surface area is 139 Å². The maximum Gasteiger partial charge on any atom is 0.435 e. The first-order valence-corrected chi connectivity index (χ1v) is 6.77. The number of nitrogens with zero attached hydrogens (tertiary/aromatic N) is 2. The number of aryl methyl sites for hydroxylation is 1. The minimum atomic E-state index is -4.81. The monoisotopic (exact) mass is 356 g/mol. The number of hydrogen-bond donors (Lipinski definition) is 2. The van der Waals surface area contributed by atoms with Crippen molar-refractivity contribution in [2.24, 2.45) is 7.05 Å². The zero-order valence-corrected chi connectivity index (χ0v) is 12.8. The number of amides is 2. The predicted octanol–water partition coefficient (Wildman–Crippen LogP) is 2.95. The Morgan fingerprint density at radius 3 is 2.56 bits per heavy atom. The highest BCUT2D eigenvalue weighted by Crippen LogP contribution is 2.31. The van der Waals surface area contributed by atoms with Gasteiger partial charge in [-0.3, -0.25) is 14.3 Å². The van der Waals surface area contributed by atoms with Crippen LogP contribution in [-0.2, 0) is 18.0 Å². The SMILES string of the molecule is C=CC(=O)Nc1cc(NC(=O)c2cn(C)nc2C(F)(F)F)ccc1F. The van der Waals surface area contributed by atoms with Crippen molar-refractivity contribution < 1.29 is 27.2 Å². The fraction of sp³-hybridized carbons (Fsp3) is 0.133. The van der Waals surface area contributed by atoms with Crippen LogP contribution >= 0.6 is 0 Å². The predicted molar refractivity (Wildman–Crippen MR) is 81.4 cm³/mol. The van der Waals surface area contributed by atoms with Crippen LogP contribution in [0.2, 0.25) is 0 Å². The molecule has 0 saturated carbocycles. The molecule has 0 atom stereocenters. The molecule has 0 bridgehead atoms. The van der Waals surface area contributed by atoms with Crippen LogP contribution in [0.5, 0.6) is 0 Å². The molecule has 25 heavy (non-hydrogen) atoms. The van der Waals surface area contributed by atoms with E-state index in [1.54, 1.807) is 0 Å². The Balaban J connectivity index is 2.29. The van der Waals surface area contributed by atoms with Crippen LogP contribution in [-0.4, -0.2) is 21.6 Å². The van der Waals surface area contributed by atoms with Crippen LogP contribution in [0, 0.1) is 5.82 Å². The normalized spacial score (nSPS) is 11.1. The van der Waals surface area contributed by atoms with E-state index in [4.69, 9.17) is 0 Å². The Morgan fingerprint density at radius 2 is 1.96 bits per heavy atom. The third-order valence-electron chi connectivity index (χ3n) is 3.01. The highest BCUT2D eigenvalue weighted by atomic mass is 19.4. The molecule has 0 aliphatic rings. The maximum absolute atomic E-state index is 13.6. The first kappa shape index (κ1) is 18.2. The first-order chi connectivity index (χ1) is 11.6. The number of aromatic nitrogens is 2. The molecule has 1 aromatic heterocycles. The highest BCUT2D eigenvalue weighted by Gasteiger charge is 2.39. The topological polar surface area (TPSA) is 76.0 Å². The minimum absolute atomic E-state index is 0.0114. The second kappa shape index (κ2) is 6.75. The molecule has 0 radical (unpaired) electrons. The third kappa shape index (κ3) is 4.22. The van der Waals surface area contributed by atoms with E-state index in [0.29, 0.717) is 0 Å². The molecular formula is C15H12F4N4O2. The van der Waals surface area contributed by atoms with Crippen LogP contribution < -0.4 is 10.6 Å². The molecule has 2 aromatic rings. The van der Waals surface area contributed by atoms with Gasteiger partial charge in [0.15, 0.2) is 5.69 Å². The van der Waals surface area contributed by atoms with Gasteiger partial charge in [0.05, 0.1) is 11.3 Å². The van der Waals surface area contributed by atoms with E-state index in [9.17, 15) is 27.2 Å². The van der Waals surface area contributed by atoms with Gasteiger partial charge in [-0.25, -0.2) is 4.39 Å². The average Bonchev–Trinajstić information content (AvgIpc) is 2.93. The number of benzene rings is 1. The largest absolute Gasteiger partial charge is 0.435 e. The van der Waals surface area contributed by atoms with Gasteiger partial charge in [0.2, 0.25) is 5.91 Å². The number of nitrogens with one attached hydrogen (secondary N) is 2. The molecule has 0 spiro atoms.